The van der Waals surface area contributed by atoms with Crippen molar-refractivity contribution in [2.45, 2.75) is 72.3 Å². The molecule has 1 aliphatic carbocycles. The SMILES string of the molecule is CC(C)CN(CC1(CBr)CCCCCC1)C(C)C. The number of rotatable bonds is 6. The van der Waals surface area contributed by atoms with Crippen molar-refractivity contribution >= 4 is 15.9 Å². The van der Waals surface area contributed by atoms with Gasteiger partial charge in [0.05, 0.1) is 0 Å². The second kappa shape index (κ2) is 7.89. The Labute approximate surface area is 123 Å². The highest BCUT2D eigenvalue weighted by Gasteiger charge is 2.32. The third-order valence-electron chi connectivity index (χ3n) is 4.32. The van der Waals surface area contributed by atoms with E-state index in [0.29, 0.717) is 11.5 Å². The van der Waals surface area contributed by atoms with Crippen molar-refractivity contribution in [3.05, 3.63) is 0 Å². The van der Waals surface area contributed by atoms with Crippen LogP contribution in [0.5, 0.6) is 0 Å². The molecule has 0 aromatic heterocycles. The Kier molecular flexibility index (Phi) is 7.23. The normalized spacial score (nSPS) is 20.7. The quantitative estimate of drug-likeness (QED) is 0.487. The number of hydrogen-bond donors (Lipinski definition) is 0. The molecule has 1 nitrogen and oxygen atoms in total. The van der Waals surface area contributed by atoms with Gasteiger partial charge >= 0.3 is 0 Å². The lowest BCUT2D eigenvalue weighted by atomic mass is 9.81. The molecular formula is C16H32BrN. The summed E-state index contributed by atoms with van der Waals surface area (Å²) in [6, 6.07) is 0.673. The minimum Gasteiger partial charge on any atom is -0.300 e. The van der Waals surface area contributed by atoms with Crippen molar-refractivity contribution in [1.29, 1.82) is 0 Å². The van der Waals surface area contributed by atoms with E-state index >= 15 is 0 Å². The number of halogens is 1. The molecule has 0 aliphatic heterocycles. The fourth-order valence-corrected chi connectivity index (χ4v) is 3.91. The van der Waals surface area contributed by atoms with Gasteiger partial charge in [0.1, 0.15) is 0 Å². The first kappa shape index (κ1) is 16.5. The zero-order valence-electron chi connectivity index (χ0n) is 12.8. The van der Waals surface area contributed by atoms with Crippen LogP contribution in [0.4, 0.5) is 0 Å². The molecule has 0 amide bonds. The first-order chi connectivity index (χ1) is 8.49. The van der Waals surface area contributed by atoms with Crippen molar-refractivity contribution in [2.24, 2.45) is 11.3 Å². The van der Waals surface area contributed by atoms with E-state index in [9.17, 15) is 0 Å². The molecule has 1 fully saturated rings. The van der Waals surface area contributed by atoms with Gasteiger partial charge in [-0.2, -0.15) is 0 Å². The predicted molar refractivity (Wildman–Crippen MR) is 85.5 cm³/mol. The first-order valence-electron chi connectivity index (χ1n) is 7.79. The predicted octanol–water partition coefficient (Wildman–Crippen LogP) is 5.09. The summed E-state index contributed by atoms with van der Waals surface area (Å²) in [6.07, 6.45) is 8.58. The minimum absolute atomic E-state index is 0.537. The van der Waals surface area contributed by atoms with E-state index in [-0.39, 0.29) is 0 Å². The van der Waals surface area contributed by atoms with Crippen LogP contribution in [0.25, 0.3) is 0 Å². The standard InChI is InChI=1S/C16H32BrN/c1-14(2)11-18(15(3)4)13-16(12-17)9-7-5-6-8-10-16/h14-15H,5-13H2,1-4H3. The van der Waals surface area contributed by atoms with Crippen LogP contribution in [0, 0.1) is 11.3 Å². The van der Waals surface area contributed by atoms with E-state index in [2.05, 4.69) is 48.5 Å². The highest BCUT2D eigenvalue weighted by Crippen LogP contribution is 2.38. The topological polar surface area (TPSA) is 3.24 Å². The van der Waals surface area contributed by atoms with Crippen LogP contribution in [0.3, 0.4) is 0 Å². The maximum Gasteiger partial charge on any atom is 0.0100 e. The summed E-state index contributed by atoms with van der Waals surface area (Å²) in [5, 5.41) is 1.18. The Morgan fingerprint density at radius 2 is 1.56 bits per heavy atom. The van der Waals surface area contributed by atoms with Gasteiger partial charge in [-0.25, -0.2) is 0 Å². The Hall–Kier alpha value is 0.440. The number of nitrogens with zero attached hydrogens (tertiary/aromatic N) is 1. The molecule has 2 heteroatoms. The van der Waals surface area contributed by atoms with Crippen molar-refractivity contribution in [3.8, 4) is 0 Å². The van der Waals surface area contributed by atoms with Gasteiger partial charge in [-0.15, -0.1) is 0 Å². The van der Waals surface area contributed by atoms with Crippen LogP contribution in [0.15, 0.2) is 0 Å². The number of alkyl halides is 1. The molecule has 18 heavy (non-hydrogen) atoms. The van der Waals surface area contributed by atoms with E-state index in [1.54, 1.807) is 0 Å². The highest BCUT2D eigenvalue weighted by molar-refractivity contribution is 9.09. The van der Waals surface area contributed by atoms with E-state index in [4.69, 9.17) is 0 Å². The van der Waals surface area contributed by atoms with Gasteiger partial charge in [0.25, 0.3) is 0 Å². The Balaban J connectivity index is 2.67. The molecule has 0 unspecified atom stereocenters. The molecule has 0 bridgehead atoms. The van der Waals surface area contributed by atoms with Crippen LogP contribution in [-0.2, 0) is 0 Å². The largest absolute Gasteiger partial charge is 0.300 e. The second-order valence-corrected chi connectivity index (χ2v) is 7.53. The van der Waals surface area contributed by atoms with Crippen LogP contribution < -0.4 is 0 Å². The fourth-order valence-electron chi connectivity index (χ4n) is 3.17. The summed E-state index contributed by atoms with van der Waals surface area (Å²) in [7, 11) is 0. The van der Waals surface area contributed by atoms with Crippen LogP contribution in [0.1, 0.15) is 66.2 Å². The molecule has 0 N–H and O–H groups in total. The molecule has 108 valence electrons. The lowest BCUT2D eigenvalue weighted by Crippen LogP contribution is -2.44. The van der Waals surface area contributed by atoms with Crippen molar-refractivity contribution in [2.75, 3.05) is 18.4 Å². The molecule has 0 aromatic carbocycles. The van der Waals surface area contributed by atoms with Crippen molar-refractivity contribution < 1.29 is 0 Å². The average molecular weight is 318 g/mol. The molecule has 0 radical (unpaired) electrons. The smallest absolute Gasteiger partial charge is 0.0100 e. The molecule has 0 atom stereocenters. The molecule has 1 aliphatic rings. The molecular weight excluding hydrogens is 286 g/mol. The molecule has 1 saturated carbocycles. The van der Waals surface area contributed by atoms with E-state index in [1.165, 1.54) is 56.9 Å². The van der Waals surface area contributed by atoms with Crippen molar-refractivity contribution in [3.63, 3.8) is 0 Å². The van der Waals surface area contributed by atoms with Gasteiger partial charge in [0.2, 0.25) is 0 Å². The third-order valence-corrected chi connectivity index (χ3v) is 5.51. The highest BCUT2D eigenvalue weighted by atomic mass is 79.9. The summed E-state index contributed by atoms with van der Waals surface area (Å²) in [5.74, 6) is 0.769. The maximum absolute atomic E-state index is 3.82. The lowest BCUT2D eigenvalue weighted by Gasteiger charge is -2.39. The number of hydrogen-bond acceptors (Lipinski definition) is 1. The van der Waals surface area contributed by atoms with E-state index in [1.807, 2.05) is 0 Å². The monoisotopic (exact) mass is 317 g/mol. The molecule has 1 rings (SSSR count). The summed E-state index contributed by atoms with van der Waals surface area (Å²) in [5.41, 5.74) is 0.537. The average Bonchev–Trinajstić information content (AvgIpc) is 2.54. The van der Waals surface area contributed by atoms with Gasteiger partial charge < -0.3 is 4.90 Å². The zero-order valence-corrected chi connectivity index (χ0v) is 14.4. The van der Waals surface area contributed by atoms with E-state index in [0.717, 1.165) is 5.92 Å². The van der Waals surface area contributed by atoms with E-state index < -0.39 is 0 Å². The molecule has 0 spiro atoms. The summed E-state index contributed by atoms with van der Waals surface area (Å²) in [4.78, 5) is 2.71. The fraction of sp³-hybridized carbons (Fsp3) is 1.00. The summed E-state index contributed by atoms with van der Waals surface area (Å²) >= 11 is 3.82. The van der Waals surface area contributed by atoms with Crippen LogP contribution in [0.2, 0.25) is 0 Å². The molecule has 0 heterocycles. The van der Waals surface area contributed by atoms with Crippen LogP contribution in [-0.4, -0.2) is 29.4 Å². The Morgan fingerprint density at radius 1 is 1.00 bits per heavy atom. The zero-order chi connectivity index (χ0) is 13.6. The maximum atomic E-state index is 3.82. The first-order valence-corrected chi connectivity index (χ1v) is 8.91. The Morgan fingerprint density at radius 3 is 1.94 bits per heavy atom. The molecule has 0 saturated heterocycles. The van der Waals surface area contributed by atoms with Gasteiger partial charge in [-0.3, -0.25) is 0 Å². The summed E-state index contributed by atoms with van der Waals surface area (Å²) < 4.78 is 0. The van der Waals surface area contributed by atoms with Gasteiger partial charge in [-0.05, 0) is 38.0 Å². The Bertz CT molecular complexity index is 217. The van der Waals surface area contributed by atoms with Crippen LogP contribution >= 0.6 is 15.9 Å². The summed E-state index contributed by atoms with van der Waals surface area (Å²) in [6.45, 7) is 11.9. The van der Waals surface area contributed by atoms with Crippen molar-refractivity contribution in [1.82, 2.24) is 4.90 Å². The van der Waals surface area contributed by atoms with Gasteiger partial charge in [-0.1, -0.05) is 55.5 Å². The minimum atomic E-state index is 0.537. The lowest BCUT2D eigenvalue weighted by molar-refractivity contribution is 0.111. The third kappa shape index (κ3) is 5.21. The van der Waals surface area contributed by atoms with Gasteiger partial charge in [0.15, 0.2) is 0 Å². The van der Waals surface area contributed by atoms with Gasteiger partial charge in [0, 0.05) is 24.5 Å². The second-order valence-electron chi connectivity index (χ2n) is 6.96. The molecule has 0 aromatic rings.